The Labute approximate surface area is 143 Å². The third-order valence-corrected chi connectivity index (χ3v) is 6.69. The highest BCUT2D eigenvalue weighted by Gasteiger charge is 2.43. The van der Waals surface area contributed by atoms with Crippen molar-refractivity contribution >= 4 is 27.3 Å². The van der Waals surface area contributed by atoms with Gasteiger partial charge < -0.3 is 10.2 Å². The molecular weight excluding hydrogens is 334 g/mol. The third kappa shape index (κ3) is 3.65. The molecule has 1 spiro atoms. The van der Waals surface area contributed by atoms with Crippen LogP contribution in [0.25, 0.3) is 0 Å². The van der Waals surface area contributed by atoms with Gasteiger partial charge in [0.2, 0.25) is 10.0 Å². The molecule has 1 saturated carbocycles. The average Bonchev–Trinajstić information content (AvgIpc) is 2.47. The van der Waals surface area contributed by atoms with Crippen LogP contribution in [0.15, 0.2) is 23.1 Å². The number of sulfonamides is 1. The van der Waals surface area contributed by atoms with Gasteiger partial charge in [0, 0.05) is 5.02 Å². The summed E-state index contributed by atoms with van der Waals surface area (Å²) in [6.07, 6.45) is 4.86. The Hall–Kier alpha value is -0.820. The predicted octanol–water partition coefficient (Wildman–Crippen LogP) is 2.88. The number of fused-ring (bicyclic) bond motifs is 1. The molecule has 0 unspecified atom stereocenters. The van der Waals surface area contributed by atoms with E-state index >= 15 is 0 Å². The summed E-state index contributed by atoms with van der Waals surface area (Å²) in [6.45, 7) is 1.08. The van der Waals surface area contributed by atoms with Crippen LogP contribution in [0.1, 0.15) is 32.1 Å². The Balaban J connectivity index is 1.75. The quantitative estimate of drug-likeness (QED) is 0.873. The van der Waals surface area contributed by atoms with Gasteiger partial charge >= 0.3 is 0 Å². The fourth-order valence-electron chi connectivity index (χ4n) is 3.54. The highest BCUT2D eigenvalue weighted by Crippen LogP contribution is 2.40. The Kier molecular flexibility index (Phi) is 4.62. The third-order valence-electron chi connectivity index (χ3n) is 4.88. The van der Waals surface area contributed by atoms with Crippen molar-refractivity contribution in [3.05, 3.63) is 23.2 Å². The van der Waals surface area contributed by atoms with Crippen molar-refractivity contribution in [1.82, 2.24) is 9.62 Å². The predicted molar refractivity (Wildman–Crippen MR) is 93.3 cm³/mol. The summed E-state index contributed by atoms with van der Waals surface area (Å²) in [5.74, 6) is 0.668. The van der Waals surface area contributed by atoms with E-state index in [4.69, 9.17) is 11.6 Å². The minimum Gasteiger partial charge on any atom is -0.365 e. The molecule has 23 heavy (non-hydrogen) atoms. The first-order valence-corrected chi connectivity index (χ1v) is 9.92. The van der Waals surface area contributed by atoms with Crippen LogP contribution in [-0.4, -0.2) is 39.6 Å². The van der Waals surface area contributed by atoms with E-state index in [1.807, 2.05) is 0 Å². The lowest BCUT2D eigenvalue weighted by Crippen LogP contribution is -2.58. The van der Waals surface area contributed by atoms with Gasteiger partial charge in [-0.2, -0.15) is 4.72 Å². The van der Waals surface area contributed by atoms with Crippen LogP contribution in [0.5, 0.6) is 0 Å². The maximum atomic E-state index is 12.6. The molecule has 7 heteroatoms. The molecular formula is C16H24ClN3O2S. The number of nitrogens with zero attached hydrogens (tertiary/aromatic N) is 1. The van der Waals surface area contributed by atoms with Crippen LogP contribution in [-0.2, 0) is 10.0 Å². The second kappa shape index (κ2) is 6.24. The van der Waals surface area contributed by atoms with Crippen molar-refractivity contribution in [3.63, 3.8) is 0 Å². The molecule has 2 aliphatic rings. The number of hydrogen-bond acceptors (Lipinski definition) is 4. The first kappa shape index (κ1) is 17.0. The highest BCUT2D eigenvalue weighted by molar-refractivity contribution is 7.89. The second-order valence-corrected chi connectivity index (χ2v) is 9.08. The summed E-state index contributed by atoms with van der Waals surface area (Å²) in [5.41, 5.74) is 0.105. The Morgan fingerprint density at radius 1 is 1.30 bits per heavy atom. The van der Waals surface area contributed by atoms with Gasteiger partial charge in [0.25, 0.3) is 0 Å². The van der Waals surface area contributed by atoms with Crippen LogP contribution in [0.4, 0.5) is 5.69 Å². The molecule has 0 saturated heterocycles. The van der Waals surface area contributed by atoms with Crippen molar-refractivity contribution in [1.29, 1.82) is 0 Å². The van der Waals surface area contributed by atoms with E-state index in [2.05, 4.69) is 29.0 Å². The zero-order chi connectivity index (χ0) is 16.7. The zero-order valence-electron chi connectivity index (χ0n) is 13.6. The fourth-order valence-corrected chi connectivity index (χ4v) is 5.35. The van der Waals surface area contributed by atoms with Gasteiger partial charge in [-0.15, -0.1) is 0 Å². The first-order chi connectivity index (χ1) is 10.8. The first-order valence-electron chi connectivity index (χ1n) is 8.06. The molecule has 1 aromatic carbocycles. The van der Waals surface area contributed by atoms with Crippen molar-refractivity contribution in [3.8, 4) is 0 Å². The fraction of sp³-hybridized carbons (Fsp3) is 0.625. The van der Waals surface area contributed by atoms with Crippen molar-refractivity contribution in [2.24, 2.45) is 5.92 Å². The molecule has 0 aromatic heterocycles. The average molecular weight is 358 g/mol. The largest absolute Gasteiger partial charge is 0.365 e. The van der Waals surface area contributed by atoms with Crippen molar-refractivity contribution < 1.29 is 8.42 Å². The summed E-state index contributed by atoms with van der Waals surface area (Å²) in [4.78, 5) is 2.44. The van der Waals surface area contributed by atoms with Gasteiger partial charge in [-0.25, -0.2) is 8.42 Å². The van der Waals surface area contributed by atoms with Gasteiger partial charge in [0.05, 0.1) is 5.69 Å². The molecule has 128 valence electrons. The summed E-state index contributed by atoms with van der Waals surface area (Å²) >= 11 is 5.94. The molecule has 0 bridgehead atoms. The molecule has 2 N–H and O–H groups in total. The Bertz CT molecular complexity index is 683. The smallest absolute Gasteiger partial charge is 0.244 e. The number of hydrogen-bond donors (Lipinski definition) is 2. The number of halogens is 1. The van der Waals surface area contributed by atoms with Crippen LogP contribution in [0.2, 0.25) is 5.02 Å². The van der Waals surface area contributed by atoms with E-state index in [0.29, 0.717) is 16.6 Å². The van der Waals surface area contributed by atoms with E-state index in [1.54, 1.807) is 12.1 Å². The van der Waals surface area contributed by atoms with E-state index in [9.17, 15) is 8.42 Å². The summed E-state index contributed by atoms with van der Waals surface area (Å²) < 4.78 is 28.0. The van der Waals surface area contributed by atoms with Gasteiger partial charge in [-0.1, -0.05) is 11.6 Å². The molecule has 1 heterocycles. The lowest BCUT2D eigenvalue weighted by molar-refractivity contribution is 0.216. The standard InChI is InChI=1S/C16H24ClN3O2S/c1-20(2)10-7-12-5-8-16(9-6-12)18-14-4-3-13(17)11-15(14)23(21,22)19-16/h3-4,11-12,18-19H,5-10H2,1-2H3. The van der Waals surface area contributed by atoms with Crippen LogP contribution >= 0.6 is 11.6 Å². The number of anilines is 1. The van der Waals surface area contributed by atoms with Crippen molar-refractivity contribution in [2.45, 2.75) is 42.7 Å². The maximum absolute atomic E-state index is 12.6. The van der Waals surface area contributed by atoms with Crippen LogP contribution in [0.3, 0.4) is 0 Å². The molecule has 1 fully saturated rings. The molecule has 5 nitrogen and oxygen atoms in total. The van der Waals surface area contributed by atoms with E-state index in [1.165, 1.54) is 12.5 Å². The molecule has 0 radical (unpaired) electrons. The topological polar surface area (TPSA) is 61.4 Å². The Morgan fingerprint density at radius 3 is 2.65 bits per heavy atom. The SMILES string of the molecule is CN(C)CCC1CCC2(CC1)Nc1ccc(Cl)cc1S(=O)(=O)N2. The minimum atomic E-state index is -3.52. The molecule has 1 aliphatic carbocycles. The van der Waals surface area contributed by atoms with Gasteiger partial charge in [-0.3, -0.25) is 0 Å². The zero-order valence-corrected chi connectivity index (χ0v) is 15.2. The summed E-state index contributed by atoms with van der Waals surface area (Å²) in [7, 11) is 0.652. The highest BCUT2D eigenvalue weighted by atomic mass is 35.5. The summed E-state index contributed by atoms with van der Waals surface area (Å²) in [6, 6.07) is 4.99. The minimum absolute atomic E-state index is 0.241. The Morgan fingerprint density at radius 2 is 2.00 bits per heavy atom. The summed E-state index contributed by atoms with van der Waals surface area (Å²) in [5, 5.41) is 3.85. The van der Waals surface area contributed by atoms with E-state index < -0.39 is 15.7 Å². The van der Waals surface area contributed by atoms with E-state index in [-0.39, 0.29) is 4.90 Å². The monoisotopic (exact) mass is 357 g/mol. The molecule has 0 atom stereocenters. The number of rotatable bonds is 3. The van der Waals surface area contributed by atoms with Crippen molar-refractivity contribution in [2.75, 3.05) is 26.0 Å². The lowest BCUT2D eigenvalue weighted by atomic mass is 9.80. The van der Waals surface area contributed by atoms with Crippen LogP contribution < -0.4 is 10.0 Å². The second-order valence-electron chi connectivity index (χ2n) is 6.99. The molecule has 3 rings (SSSR count). The maximum Gasteiger partial charge on any atom is 0.244 e. The normalized spacial score (nSPS) is 29.3. The van der Waals surface area contributed by atoms with E-state index in [0.717, 1.165) is 32.2 Å². The van der Waals surface area contributed by atoms with Crippen LogP contribution in [0, 0.1) is 5.92 Å². The number of benzene rings is 1. The molecule has 0 amide bonds. The van der Waals surface area contributed by atoms with Gasteiger partial charge in [0.15, 0.2) is 0 Å². The lowest BCUT2D eigenvalue weighted by Gasteiger charge is -2.44. The number of nitrogens with one attached hydrogen (secondary N) is 2. The van der Waals surface area contributed by atoms with Gasteiger partial charge in [-0.05, 0) is 76.9 Å². The molecule has 1 aliphatic heterocycles. The molecule has 1 aromatic rings. The van der Waals surface area contributed by atoms with Gasteiger partial charge in [0.1, 0.15) is 10.6 Å².